The molecule has 2 aliphatic heterocycles. The highest BCUT2D eigenvalue weighted by molar-refractivity contribution is 5.83. The summed E-state index contributed by atoms with van der Waals surface area (Å²) < 4.78 is 11.2. The average molecular weight is 309 g/mol. The number of morpholine rings is 1. The molecule has 0 spiro atoms. The third kappa shape index (κ3) is 2.26. The second kappa shape index (κ2) is 5.48. The van der Waals surface area contributed by atoms with Gasteiger partial charge in [0.1, 0.15) is 0 Å². The first-order valence-electron chi connectivity index (χ1n) is 7.85. The van der Waals surface area contributed by atoms with Crippen LogP contribution in [0.15, 0.2) is 54.6 Å². The molecule has 2 atom stereocenters. The Bertz CT molecular complexity index is 730. The van der Waals surface area contributed by atoms with Crippen LogP contribution in [0.4, 0.5) is 0 Å². The molecule has 23 heavy (non-hydrogen) atoms. The molecular formula is C19H19NO3. The molecule has 0 aromatic heterocycles. The molecule has 2 aromatic rings. The molecule has 2 aromatic carbocycles. The Balaban J connectivity index is 1.69. The fraction of sp³-hybridized carbons (Fsp3) is 0.316. The summed E-state index contributed by atoms with van der Waals surface area (Å²) in [4.78, 5) is 14.8. The van der Waals surface area contributed by atoms with Crippen molar-refractivity contribution in [1.82, 2.24) is 4.90 Å². The van der Waals surface area contributed by atoms with Crippen LogP contribution in [0.2, 0.25) is 0 Å². The van der Waals surface area contributed by atoms with Crippen molar-refractivity contribution in [3.05, 3.63) is 71.3 Å². The van der Waals surface area contributed by atoms with E-state index in [-0.39, 0.29) is 12.1 Å². The van der Waals surface area contributed by atoms with Crippen LogP contribution in [-0.4, -0.2) is 31.1 Å². The van der Waals surface area contributed by atoms with Crippen LogP contribution in [0.5, 0.6) is 0 Å². The van der Waals surface area contributed by atoms with E-state index >= 15 is 0 Å². The molecule has 2 heterocycles. The van der Waals surface area contributed by atoms with Crippen LogP contribution in [0, 0.1) is 0 Å². The summed E-state index contributed by atoms with van der Waals surface area (Å²) in [6.45, 7) is 2.10. The van der Waals surface area contributed by atoms with Gasteiger partial charge >= 0.3 is 5.97 Å². The number of rotatable bonds is 3. The zero-order valence-corrected chi connectivity index (χ0v) is 13.1. The van der Waals surface area contributed by atoms with E-state index in [9.17, 15) is 4.79 Å². The van der Waals surface area contributed by atoms with Gasteiger partial charge in [-0.25, -0.2) is 4.79 Å². The van der Waals surface area contributed by atoms with Crippen molar-refractivity contribution < 1.29 is 14.3 Å². The Morgan fingerprint density at radius 1 is 1.22 bits per heavy atom. The maximum absolute atomic E-state index is 12.5. The van der Waals surface area contributed by atoms with Crippen molar-refractivity contribution >= 4 is 5.97 Å². The fourth-order valence-corrected chi connectivity index (χ4v) is 3.74. The van der Waals surface area contributed by atoms with Crippen molar-refractivity contribution in [1.29, 1.82) is 0 Å². The highest BCUT2D eigenvalue weighted by Gasteiger charge is 2.55. The van der Waals surface area contributed by atoms with Gasteiger partial charge in [-0.3, -0.25) is 4.90 Å². The van der Waals surface area contributed by atoms with Crippen LogP contribution < -0.4 is 0 Å². The lowest BCUT2D eigenvalue weighted by atomic mass is 9.92. The minimum absolute atomic E-state index is 0.0808. The largest absolute Gasteiger partial charge is 0.467 e. The van der Waals surface area contributed by atoms with Crippen molar-refractivity contribution in [3.8, 4) is 0 Å². The monoisotopic (exact) mass is 309 g/mol. The van der Waals surface area contributed by atoms with Gasteiger partial charge in [-0.05, 0) is 11.1 Å². The number of carbonyl (C=O) groups is 1. The van der Waals surface area contributed by atoms with E-state index in [1.807, 2.05) is 36.4 Å². The van der Waals surface area contributed by atoms with Crippen molar-refractivity contribution in [2.45, 2.75) is 18.2 Å². The summed E-state index contributed by atoms with van der Waals surface area (Å²) in [5.41, 5.74) is 2.29. The van der Waals surface area contributed by atoms with Crippen molar-refractivity contribution in [3.63, 3.8) is 0 Å². The van der Waals surface area contributed by atoms with E-state index in [4.69, 9.17) is 9.47 Å². The molecule has 1 fully saturated rings. The molecule has 2 aliphatic rings. The molecule has 0 aliphatic carbocycles. The minimum atomic E-state index is -0.997. The molecule has 1 saturated heterocycles. The van der Waals surface area contributed by atoms with Crippen LogP contribution in [0.3, 0.4) is 0 Å². The molecule has 0 N–H and O–H groups in total. The first-order chi connectivity index (χ1) is 11.2. The lowest BCUT2D eigenvalue weighted by Crippen LogP contribution is -2.51. The van der Waals surface area contributed by atoms with Crippen LogP contribution in [0.1, 0.15) is 22.8 Å². The van der Waals surface area contributed by atoms with Crippen LogP contribution >= 0.6 is 0 Å². The molecule has 118 valence electrons. The molecule has 0 saturated carbocycles. The van der Waals surface area contributed by atoms with Gasteiger partial charge in [-0.1, -0.05) is 54.6 Å². The Morgan fingerprint density at radius 3 is 2.74 bits per heavy atom. The maximum atomic E-state index is 12.5. The molecule has 4 heteroatoms. The molecular weight excluding hydrogens is 290 g/mol. The van der Waals surface area contributed by atoms with E-state index < -0.39 is 5.60 Å². The van der Waals surface area contributed by atoms with Crippen molar-refractivity contribution in [2.24, 2.45) is 0 Å². The predicted octanol–water partition coefficient (Wildman–Crippen LogP) is 2.64. The van der Waals surface area contributed by atoms with E-state index in [1.165, 1.54) is 12.7 Å². The number of carbonyl (C=O) groups excluding carboxylic acids is 1. The summed E-state index contributed by atoms with van der Waals surface area (Å²) in [5, 5.41) is 0. The average Bonchev–Trinajstić information content (AvgIpc) is 2.84. The third-order valence-corrected chi connectivity index (χ3v) is 4.72. The topological polar surface area (TPSA) is 38.8 Å². The van der Waals surface area contributed by atoms with Gasteiger partial charge in [0.05, 0.1) is 13.2 Å². The maximum Gasteiger partial charge on any atom is 0.344 e. The summed E-state index contributed by atoms with van der Waals surface area (Å²) >= 11 is 0. The molecule has 4 rings (SSSR count). The number of esters is 1. The highest BCUT2D eigenvalue weighted by Crippen LogP contribution is 2.48. The van der Waals surface area contributed by atoms with E-state index in [0.29, 0.717) is 6.54 Å². The Morgan fingerprint density at radius 2 is 1.96 bits per heavy atom. The van der Waals surface area contributed by atoms with E-state index in [1.54, 1.807) is 0 Å². The van der Waals surface area contributed by atoms with Gasteiger partial charge in [0.2, 0.25) is 5.60 Å². The number of nitrogens with zero attached hydrogens (tertiary/aromatic N) is 1. The standard InChI is InChI=1S/C19H19NO3/c1-22-18(21)19-13-20(11-14-7-3-2-4-8-14)12-17(23-19)15-9-5-6-10-16(15)19/h2-10,17H,11-13H2,1H3. The normalized spacial score (nSPS) is 25.9. The summed E-state index contributed by atoms with van der Waals surface area (Å²) in [6, 6.07) is 18.3. The minimum Gasteiger partial charge on any atom is -0.467 e. The van der Waals surface area contributed by atoms with Gasteiger partial charge < -0.3 is 9.47 Å². The summed E-state index contributed by atoms with van der Waals surface area (Å²) in [5.74, 6) is -0.315. The number of fused-ring (bicyclic) bond motifs is 5. The first-order valence-corrected chi connectivity index (χ1v) is 7.85. The predicted molar refractivity (Wildman–Crippen MR) is 85.7 cm³/mol. The van der Waals surface area contributed by atoms with Gasteiger partial charge in [0, 0.05) is 25.2 Å². The molecule has 2 bridgehead atoms. The number of ether oxygens (including phenoxy) is 2. The second-order valence-electron chi connectivity index (χ2n) is 6.17. The van der Waals surface area contributed by atoms with Crippen molar-refractivity contribution in [2.75, 3.05) is 20.2 Å². The molecule has 0 amide bonds. The Hall–Kier alpha value is -2.17. The number of hydrogen-bond acceptors (Lipinski definition) is 4. The van der Waals surface area contributed by atoms with Gasteiger partial charge in [0.25, 0.3) is 0 Å². The zero-order chi connectivity index (χ0) is 15.9. The third-order valence-electron chi connectivity index (χ3n) is 4.72. The Labute approximate surface area is 135 Å². The molecule has 0 radical (unpaired) electrons. The first kappa shape index (κ1) is 14.4. The number of hydrogen-bond donors (Lipinski definition) is 0. The SMILES string of the molecule is COC(=O)C12CN(Cc3ccccc3)CC(O1)c1ccccc12. The molecule has 2 unspecified atom stereocenters. The fourth-order valence-electron chi connectivity index (χ4n) is 3.74. The number of methoxy groups -OCH3 is 1. The summed E-state index contributed by atoms with van der Waals surface area (Å²) in [7, 11) is 1.42. The van der Waals surface area contributed by atoms with Gasteiger partial charge in [-0.15, -0.1) is 0 Å². The second-order valence-corrected chi connectivity index (χ2v) is 6.17. The molecule has 4 nitrogen and oxygen atoms in total. The van der Waals surface area contributed by atoms with Gasteiger partial charge in [-0.2, -0.15) is 0 Å². The van der Waals surface area contributed by atoms with E-state index in [2.05, 4.69) is 23.1 Å². The van der Waals surface area contributed by atoms with Gasteiger partial charge in [0.15, 0.2) is 0 Å². The quantitative estimate of drug-likeness (QED) is 0.817. The Kier molecular flexibility index (Phi) is 3.43. The number of benzene rings is 2. The lowest BCUT2D eigenvalue weighted by Gasteiger charge is -2.38. The highest BCUT2D eigenvalue weighted by atomic mass is 16.6. The zero-order valence-electron chi connectivity index (χ0n) is 13.1. The van der Waals surface area contributed by atoms with E-state index in [0.717, 1.165) is 24.2 Å². The van der Waals surface area contributed by atoms with Crippen LogP contribution in [-0.2, 0) is 26.4 Å². The summed E-state index contributed by atoms with van der Waals surface area (Å²) in [6.07, 6.45) is -0.0808. The smallest absolute Gasteiger partial charge is 0.344 e. The van der Waals surface area contributed by atoms with Crippen LogP contribution in [0.25, 0.3) is 0 Å². The lowest BCUT2D eigenvalue weighted by molar-refractivity contribution is -0.192.